The van der Waals surface area contributed by atoms with Crippen molar-refractivity contribution in [3.63, 3.8) is 0 Å². The van der Waals surface area contributed by atoms with Crippen LogP contribution in [0.4, 0.5) is 0 Å². The maximum atomic E-state index is 12.3. The molecule has 0 atom stereocenters. The lowest BCUT2D eigenvalue weighted by atomic mass is 9.73. The Morgan fingerprint density at radius 2 is 1.95 bits per heavy atom. The van der Waals surface area contributed by atoms with E-state index < -0.39 is 5.41 Å². The van der Waals surface area contributed by atoms with Gasteiger partial charge in [0.05, 0.1) is 17.0 Å². The quantitative estimate of drug-likeness (QED) is 0.425. The molecule has 0 aliphatic heterocycles. The first-order valence-electron chi connectivity index (χ1n) is 7.27. The average molecular weight is 300 g/mol. The normalized spacial score (nSPS) is 17.2. The zero-order valence-electron chi connectivity index (χ0n) is 12.1. The van der Waals surface area contributed by atoms with E-state index in [2.05, 4.69) is 5.32 Å². The molecule has 3 N–H and O–H groups in total. The van der Waals surface area contributed by atoms with Crippen LogP contribution < -0.4 is 11.1 Å². The highest BCUT2D eigenvalue weighted by atomic mass is 32.1. The predicted octanol–water partition coefficient (Wildman–Crippen LogP) is 1.68. The van der Waals surface area contributed by atoms with Crippen molar-refractivity contribution in [1.82, 2.24) is 5.32 Å². The van der Waals surface area contributed by atoms with Gasteiger partial charge in [0.2, 0.25) is 5.91 Å². The van der Waals surface area contributed by atoms with Crippen LogP contribution >= 0.6 is 12.2 Å². The van der Waals surface area contributed by atoms with E-state index in [1.54, 1.807) is 6.92 Å². The van der Waals surface area contributed by atoms with E-state index in [4.69, 9.17) is 22.7 Å². The van der Waals surface area contributed by atoms with Gasteiger partial charge in [0.25, 0.3) is 0 Å². The second-order valence-electron chi connectivity index (χ2n) is 5.17. The molecular weight excluding hydrogens is 276 g/mol. The summed E-state index contributed by atoms with van der Waals surface area (Å²) in [6, 6.07) is 0. The number of thiocarbonyl (C=S) groups is 1. The van der Waals surface area contributed by atoms with Crippen molar-refractivity contribution in [1.29, 1.82) is 0 Å². The van der Waals surface area contributed by atoms with Gasteiger partial charge >= 0.3 is 5.97 Å². The lowest BCUT2D eigenvalue weighted by Crippen LogP contribution is -2.50. The van der Waals surface area contributed by atoms with Gasteiger partial charge in [-0.15, -0.1) is 0 Å². The van der Waals surface area contributed by atoms with E-state index in [1.165, 1.54) is 0 Å². The van der Waals surface area contributed by atoms with Crippen LogP contribution in [0.25, 0.3) is 0 Å². The molecule has 5 nitrogen and oxygen atoms in total. The lowest BCUT2D eigenvalue weighted by Gasteiger charge is -2.34. The molecule has 0 bridgehead atoms. The van der Waals surface area contributed by atoms with Crippen molar-refractivity contribution in [3.8, 4) is 0 Å². The Hall–Kier alpha value is -1.17. The van der Waals surface area contributed by atoms with Crippen LogP contribution in [-0.4, -0.2) is 30.0 Å². The largest absolute Gasteiger partial charge is 0.466 e. The zero-order valence-corrected chi connectivity index (χ0v) is 12.9. The Balaban J connectivity index is 2.40. The first kappa shape index (κ1) is 16.9. The van der Waals surface area contributed by atoms with Gasteiger partial charge < -0.3 is 15.8 Å². The third-order valence-corrected chi connectivity index (χ3v) is 4.15. The standard InChI is InChI=1S/C14H24N2O3S/c1-2-19-11(17)7-6-10-16-13(18)14(12(15)20)8-4-3-5-9-14/h2-10H2,1H3,(H2,15,20)(H,16,18). The molecule has 1 saturated carbocycles. The maximum absolute atomic E-state index is 12.3. The number of carbonyl (C=O) groups is 2. The fraction of sp³-hybridized carbons (Fsp3) is 0.786. The van der Waals surface area contributed by atoms with Crippen LogP contribution in [0, 0.1) is 5.41 Å². The van der Waals surface area contributed by atoms with E-state index in [0.717, 1.165) is 32.1 Å². The molecule has 6 heteroatoms. The highest BCUT2D eigenvalue weighted by Gasteiger charge is 2.42. The smallest absolute Gasteiger partial charge is 0.305 e. The Bertz CT molecular complexity index is 365. The summed E-state index contributed by atoms with van der Waals surface area (Å²) in [5.41, 5.74) is 5.11. The minimum atomic E-state index is -0.683. The third-order valence-electron chi connectivity index (χ3n) is 3.76. The molecule has 1 rings (SSSR count). The predicted molar refractivity (Wildman–Crippen MR) is 81.2 cm³/mol. The van der Waals surface area contributed by atoms with Crippen molar-refractivity contribution in [2.75, 3.05) is 13.2 Å². The number of carbonyl (C=O) groups excluding carboxylic acids is 2. The molecule has 1 aliphatic rings. The first-order chi connectivity index (χ1) is 9.53. The summed E-state index contributed by atoms with van der Waals surface area (Å²) in [4.78, 5) is 23.8. The maximum Gasteiger partial charge on any atom is 0.305 e. The molecule has 0 aromatic heterocycles. The van der Waals surface area contributed by atoms with Crippen molar-refractivity contribution in [2.45, 2.75) is 51.9 Å². The van der Waals surface area contributed by atoms with Crippen molar-refractivity contribution in [2.24, 2.45) is 11.1 Å². The molecule has 20 heavy (non-hydrogen) atoms. The van der Waals surface area contributed by atoms with Crippen LogP contribution in [0.3, 0.4) is 0 Å². The molecule has 0 heterocycles. The van der Waals surface area contributed by atoms with Crippen LogP contribution in [0.5, 0.6) is 0 Å². The number of hydrogen-bond acceptors (Lipinski definition) is 4. The van der Waals surface area contributed by atoms with Gasteiger partial charge in [0.1, 0.15) is 0 Å². The highest BCUT2D eigenvalue weighted by Crippen LogP contribution is 2.36. The van der Waals surface area contributed by atoms with Gasteiger partial charge in [0.15, 0.2) is 0 Å². The Morgan fingerprint density at radius 3 is 2.50 bits per heavy atom. The van der Waals surface area contributed by atoms with Crippen LogP contribution in [0.15, 0.2) is 0 Å². The summed E-state index contributed by atoms with van der Waals surface area (Å²) in [7, 11) is 0. The number of ether oxygens (including phenoxy) is 1. The molecule has 114 valence electrons. The van der Waals surface area contributed by atoms with Gasteiger partial charge in [-0.3, -0.25) is 9.59 Å². The Morgan fingerprint density at radius 1 is 1.30 bits per heavy atom. The summed E-state index contributed by atoms with van der Waals surface area (Å²) < 4.78 is 4.83. The van der Waals surface area contributed by atoms with Crippen LogP contribution in [0.2, 0.25) is 0 Å². The molecule has 1 fully saturated rings. The molecule has 0 saturated heterocycles. The first-order valence-corrected chi connectivity index (χ1v) is 7.67. The molecule has 0 aromatic carbocycles. The monoisotopic (exact) mass is 300 g/mol. The SMILES string of the molecule is CCOC(=O)CCCNC(=O)C1(C(N)=S)CCCCC1. The summed E-state index contributed by atoms with van der Waals surface area (Å²) >= 11 is 5.10. The van der Waals surface area contributed by atoms with Crippen molar-refractivity contribution in [3.05, 3.63) is 0 Å². The molecule has 0 aromatic rings. The molecule has 1 aliphatic carbocycles. The molecular formula is C14H24N2O3S. The second-order valence-corrected chi connectivity index (χ2v) is 5.61. The second kappa shape index (κ2) is 8.19. The number of hydrogen-bond donors (Lipinski definition) is 2. The summed E-state index contributed by atoms with van der Waals surface area (Å²) in [6.07, 6.45) is 5.42. The van der Waals surface area contributed by atoms with E-state index in [0.29, 0.717) is 31.0 Å². The van der Waals surface area contributed by atoms with Gasteiger partial charge in [-0.05, 0) is 26.2 Å². The fourth-order valence-electron chi connectivity index (χ4n) is 2.58. The van der Waals surface area contributed by atoms with E-state index in [9.17, 15) is 9.59 Å². The minimum Gasteiger partial charge on any atom is -0.466 e. The number of rotatable bonds is 7. The summed E-state index contributed by atoms with van der Waals surface area (Å²) in [5.74, 6) is -0.322. The van der Waals surface area contributed by atoms with Crippen molar-refractivity contribution < 1.29 is 14.3 Å². The van der Waals surface area contributed by atoms with Gasteiger partial charge in [0, 0.05) is 13.0 Å². The molecule has 0 unspecified atom stereocenters. The van der Waals surface area contributed by atoms with Crippen LogP contribution in [-0.2, 0) is 14.3 Å². The van der Waals surface area contributed by atoms with Gasteiger partial charge in [-0.2, -0.15) is 0 Å². The summed E-state index contributed by atoms with van der Waals surface area (Å²) in [6.45, 7) is 2.60. The highest BCUT2D eigenvalue weighted by molar-refractivity contribution is 7.80. The fourth-order valence-corrected chi connectivity index (χ4v) is 2.87. The van der Waals surface area contributed by atoms with Crippen LogP contribution in [0.1, 0.15) is 51.9 Å². The van der Waals surface area contributed by atoms with Crippen molar-refractivity contribution >= 4 is 29.1 Å². The third kappa shape index (κ3) is 4.44. The Labute approximate surface area is 125 Å². The van der Waals surface area contributed by atoms with E-state index in [1.807, 2.05) is 0 Å². The topological polar surface area (TPSA) is 81.4 Å². The zero-order chi connectivity index (χ0) is 15.0. The lowest BCUT2D eigenvalue weighted by molar-refractivity contribution is -0.143. The number of nitrogens with two attached hydrogens (primary N) is 1. The Kier molecular flexibility index (Phi) is 6.91. The van der Waals surface area contributed by atoms with Gasteiger partial charge in [-0.1, -0.05) is 31.5 Å². The van der Waals surface area contributed by atoms with E-state index in [-0.39, 0.29) is 11.9 Å². The molecule has 0 spiro atoms. The molecule has 0 radical (unpaired) electrons. The minimum absolute atomic E-state index is 0.0893. The van der Waals surface area contributed by atoms with Gasteiger partial charge in [-0.25, -0.2) is 0 Å². The average Bonchev–Trinajstić information content (AvgIpc) is 2.44. The number of nitrogens with one attached hydrogen (secondary N) is 1. The number of esters is 1. The van der Waals surface area contributed by atoms with E-state index >= 15 is 0 Å². The molecule has 1 amide bonds. The number of amides is 1. The summed E-state index contributed by atoms with van der Waals surface area (Å²) in [5, 5.41) is 2.86.